The van der Waals surface area contributed by atoms with E-state index in [2.05, 4.69) is 6.92 Å². The Labute approximate surface area is 56.1 Å². The lowest BCUT2D eigenvalue weighted by atomic mass is 9.88. The van der Waals surface area contributed by atoms with Gasteiger partial charge >= 0.3 is 0 Å². The van der Waals surface area contributed by atoms with Crippen LogP contribution in [0, 0.1) is 11.3 Å². The molecular weight excluding hydrogens is 112 g/mol. The van der Waals surface area contributed by atoms with Crippen molar-refractivity contribution in [3.05, 3.63) is 0 Å². The van der Waals surface area contributed by atoms with E-state index in [1.807, 2.05) is 0 Å². The lowest BCUT2D eigenvalue weighted by Gasteiger charge is -2.21. The minimum absolute atomic E-state index is 0.0451. The van der Waals surface area contributed by atoms with Gasteiger partial charge in [0.05, 0.1) is 6.10 Å². The van der Waals surface area contributed by atoms with Crippen molar-refractivity contribution in [1.82, 2.24) is 0 Å². The number of hydrogen-bond acceptors (Lipinski definition) is 1. The first-order chi connectivity index (χ1) is 4.22. The summed E-state index contributed by atoms with van der Waals surface area (Å²) in [6, 6.07) is 0. The Morgan fingerprint density at radius 2 is 2.33 bits per heavy atom. The molecule has 0 spiro atoms. The van der Waals surface area contributed by atoms with Crippen LogP contribution in [0.1, 0.15) is 32.6 Å². The fourth-order valence-corrected chi connectivity index (χ4v) is 2.25. The first-order valence-electron chi connectivity index (χ1n) is 3.90. The van der Waals surface area contributed by atoms with Gasteiger partial charge in [0.15, 0.2) is 0 Å². The Morgan fingerprint density at radius 1 is 1.56 bits per heavy atom. The molecule has 0 unspecified atom stereocenters. The van der Waals surface area contributed by atoms with Gasteiger partial charge in [0.2, 0.25) is 0 Å². The monoisotopic (exact) mass is 126 g/mol. The first kappa shape index (κ1) is 5.72. The van der Waals surface area contributed by atoms with Crippen LogP contribution in [-0.4, -0.2) is 11.2 Å². The molecule has 0 aromatic rings. The number of aliphatic hydroxyl groups excluding tert-OH is 1. The molecule has 1 nitrogen and oxygen atoms in total. The summed E-state index contributed by atoms with van der Waals surface area (Å²) in [6.07, 6.45) is 4.99. The summed E-state index contributed by atoms with van der Waals surface area (Å²) in [7, 11) is 0. The quantitative estimate of drug-likeness (QED) is 0.522. The van der Waals surface area contributed by atoms with E-state index in [0.29, 0.717) is 11.3 Å². The zero-order valence-corrected chi connectivity index (χ0v) is 5.93. The Hall–Kier alpha value is -0.0400. The standard InChI is InChI=1S/C8H14O/c1-8-4-2-3-7(9)6(8)5-8/h6-7,9H,2-5H2,1H3/t6-,7+,8+/m1/s1. The van der Waals surface area contributed by atoms with Gasteiger partial charge in [-0.15, -0.1) is 0 Å². The molecule has 1 heteroatoms. The van der Waals surface area contributed by atoms with Crippen molar-refractivity contribution in [3.63, 3.8) is 0 Å². The molecule has 52 valence electrons. The van der Waals surface area contributed by atoms with Crippen molar-refractivity contribution in [1.29, 1.82) is 0 Å². The fraction of sp³-hybridized carbons (Fsp3) is 1.00. The van der Waals surface area contributed by atoms with E-state index in [-0.39, 0.29) is 6.10 Å². The van der Waals surface area contributed by atoms with E-state index >= 15 is 0 Å². The zero-order chi connectivity index (χ0) is 6.48. The maximum absolute atomic E-state index is 9.38. The third kappa shape index (κ3) is 0.710. The number of hydrogen-bond donors (Lipinski definition) is 1. The van der Waals surface area contributed by atoms with Gasteiger partial charge in [-0.3, -0.25) is 0 Å². The van der Waals surface area contributed by atoms with Gasteiger partial charge < -0.3 is 5.11 Å². The summed E-state index contributed by atoms with van der Waals surface area (Å²) in [4.78, 5) is 0. The number of aliphatic hydroxyl groups is 1. The molecule has 2 fully saturated rings. The van der Waals surface area contributed by atoms with Gasteiger partial charge in [0.1, 0.15) is 0 Å². The lowest BCUT2D eigenvalue weighted by molar-refractivity contribution is 0.0977. The minimum atomic E-state index is 0.0451. The molecule has 9 heavy (non-hydrogen) atoms. The highest BCUT2D eigenvalue weighted by Crippen LogP contribution is 2.60. The molecule has 0 bridgehead atoms. The minimum Gasteiger partial charge on any atom is -0.393 e. The van der Waals surface area contributed by atoms with Crippen LogP contribution in [0.4, 0.5) is 0 Å². The van der Waals surface area contributed by atoms with Crippen molar-refractivity contribution in [2.45, 2.75) is 38.7 Å². The zero-order valence-electron chi connectivity index (χ0n) is 5.93. The van der Waals surface area contributed by atoms with Gasteiger partial charge in [-0.1, -0.05) is 13.3 Å². The molecule has 0 aromatic heterocycles. The summed E-state index contributed by atoms with van der Waals surface area (Å²) >= 11 is 0. The van der Waals surface area contributed by atoms with Crippen molar-refractivity contribution in [3.8, 4) is 0 Å². The second-order valence-corrected chi connectivity index (χ2v) is 3.92. The predicted molar refractivity (Wildman–Crippen MR) is 36.1 cm³/mol. The molecule has 0 aromatic carbocycles. The van der Waals surface area contributed by atoms with E-state index in [4.69, 9.17) is 0 Å². The van der Waals surface area contributed by atoms with Crippen LogP contribution in [0.25, 0.3) is 0 Å². The van der Waals surface area contributed by atoms with Crippen molar-refractivity contribution in [2.24, 2.45) is 11.3 Å². The molecule has 2 aliphatic carbocycles. The summed E-state index contributed by atoms with van der Waals surface area (Å²) in [5.41, 5.74) is 0.567. The molecule has 1 N–H and O–H groups in total. The first-order valence-corrected chi connectivity index (χ1v) is 3.90. The molecule has 0 amide bonds. The molecule has 0 radical (unpaired) electrons. The molecule has 2 aliphatic rings. The number of fused-ring (bicyclic) bond motifs is 1. The van der Waals surface area contributed by atoms with E-state index in [1.165, 1.54) is 19.3 Å². The average molecular weight is 126 g/mol. The third-order valence-electron chi connectivity index (χ3n) is 3.13. The van der Waals surface area contributed by atoms with Crippen molar-refractivity contribution in [2.75, 3.05) is 0 Å². The SMILES string of the molecule is C[C@@]12CCC[C@H](O)[C@H]1C2. The topological polar surface area (TPSA) is 20.2 Å². The van der Waals surface area contributed by atoms with Crippen LogP contribution in [0.2, 0.25) is 0 Å². The number of rotatable bonds is 0. The summed E-state index contributed by atoms with van der Waals surface area (Å²) in [5, 5.41) is 9.38. The molecule has 2 rings (SSSR count). The van der Waals surface area contributed by atoms with Crippen LogP contribution >= 0.6 is 0 Å². The van der Waals surface area contributed by atoms with Gasteiger partial charge in [-0.2, -0.15) is 0 Å². The Morgan fingerprint density at radius 3 is 2.89 bits per heavy atom. The van der Waals surface area contributed by atoms with E-state index < -0.39 is 0 Å². The highest BCUT2D eigenvalue weighted by atomic mass is 16.3. The highest BCUT2D eigenvalue weighted by molar-refractivity contribution is 5.04. The maximum Gasteiger partial charge on any atom is 0.0573 e. The third-order valence-corrected chi connectivity index (χ3v) is 3.13. The van der Waals surface area contributed by atoms with Crippen LogP contribution < -0.4 is 0 Å². The Kier molecular flexibility index (Phi) is 0.963. The van der Waals surface area contributed by atoms with Gasteiger partial charge in [0.25, 0.3) is 0 Å². The average Bonchev–Trinajstić information content (AvgIpc) is 2.43. The smallest absolute Gasteiger partial charge is 0.0573 e. The summed E-state index contributed by atoms with van der Waals surface area (Å²) < 4.78 is 0. The van der Waals surface area contributed by atoms with Crippen LogP contribution in [0.5, 0.6) is 0 Å². The highest BCUT2D eigenvalue weighted by Gasteiger charge is 2.54. The molecular formula is C8H14O. The molecule has 0 aliphatic heterocycles. The van der Waals surface area contributed by atoms with Crippen LogP contribution in [0.15, 0.2) is 0 Å². The summed E-state index contributed by atoms with van der Waals surface area (Å²) in [6.45, 7) is 2.31. The van der Waals surface area contributed by atoms with Gasteiger partial charge in [0, 0.05) is 0 Å². The van der Waals surface area contributed by atoms with Crippen LogP contribution in [-0.2, 0) is 0 Å². The molecule has 0 heterocycles. The fourth-order valence-electron chi connectivity index (χ4n) is 2.25. The van der Waals surface area contributed by atoms with E-state index in [1.54, 1.807) is 0 Å². The van der Waals surface area contributed by atoms with Gasteiger partial charge in [-0.25, -0.2) is 0 Å². The van der Waals surface area contributed by atoms with E-state index in [9.17, 15) is 5.11 Å². The van der Waals surface area contributed by atoms with E-state index in [0.717, 1.165) is 6.42 Å². The second-order valence-electron chi connectivity index (χ2n) is 3.92. The predicted octanol–water partition coefficient (Wildman–Crippen LogP) is 1.56. The second kappa shape index (κ2) is 1.51. The normalized spacial score (nSPS) is 56.7. The largest absolute Gasteiger partial charge is 0.393 e. The Balaban J connectivity index is 2.07. The van der Waals surface area contributed by atoms with Crippen molar-refractivity contribution >= 4 is 0 Å². The lowest BCUT2D eigenvalue weighted by Crippen LogP contribution is -2.19. The molecule has 2 saturated carbocycles. The maximum atomic E-state index is 9.38. The molecule has 0 saturated heterocycles. The van der Waals surface area contributed by atoms with Gasteiger partial charge in [-0.05, 0) is 30.6 Å². The Bertz CT molecular complexity index is 133. The van der Waals surface area contributed by atoms with Crippen molar-refractivity contribution < 1.29 is 5.11 Å². The van der Waals surface area contributed by atoms with Crippen LogP contribution in [0.3, 0.4) is 0 Å². The molecule has 3 atom stereocenters. The summed E-state index contributed by atoms with van der Waals surface area (Å²) in [5.74, 6) is 0.672.